The minimum atomic E-state index is -0.500. The molecule has 3 aliphatic rings. The van der Waals surface area contributed by atoms with E-state index in [1.54, 1.807) is 4.90 Å². The van der Waals surface area contributed by atoms with E-state index >= 15 is 0 Å². The van der Waals surface area contributed by atoms with Crippen LogP contribution in [-0.4, -0.2) is 51.7 Å². The van der Waals surface area contributed by atoms with Gasteiger partial charge in [0.25, 0.3) is 0 Å². The number of amides is 2. The molecule has 1 N–H and O–H groups in total. The second-order valence-corrected chi connectivity index (χ2v) is 9.06. The summed E-state index contributed by atoms with van der Waals surface area (Å²) < 4.78 is 7.60. The van der Waals surface area contributed by atoms with E-state index in [-0.39, 0.29) is 24.0 Å². The minimum Gasteiger partial charge on any atom is -0.444 e. The first-order valence-electron chi connectivity index (χ1n) is 10.5. The van der Waals surface area contributed by atoms with Crippen LogP contribution in [0, 0.1) is 5.92 Å². The summed E-state index contributed by atoms with van der Waals surface area (Å²) in [4.78, 5) is 31.0. The molecule has 1 aromatic heterocycles. The molecule has 4 rings (SSSR count). The van der Waals surface area contributed by atoms with Gasteiger partial charge in [0.05, 0.1) is 24.3 Å². The summed E-state index contributed by atoms with van der Waals surface area (Å²) in [6.07, 6.45) is 11.3. The van der Waals surface area contributed by atoms with Crippen molar-refractivity contribution in [3.8, 4) is 0 Å². The number of rotatable bonds is 3. The largest absolute Gasteiger partial charge is 0.444 e. The highest BCUT2D eigenvalue weighted by Crippen LogP contribution is 2.41. The monoisotopic (exact) mass is 398 g/mol. The van der Waals surface area contributed by atoms with Crippen LogP contribution >= 0.6 is 0 Å². The first-order chi connectivity index (χ1) is 13.8. The van der Waals surface area contributed by atoms with Crippen molar-refractivity contribution in [2.75, 3.05) is 19.6 Å². The number of hydrogen-bond donors (Lipinski definition) is 1. The van der Waals surface area contributed by atoms with E-state index in [4.69, 9.17) is 4.74 Å². The molecule has 1 aromatic rings. The Kier molecular flexibility index (Phi) is 5.23. The van der Waals surface area contributed by atoms with Gasteiger partial charge in [-0.05, 0) is 57.6 Å². The second-order valence-electron chi connectivity index (χ2n) is 9.06. The molecular formula is C22H30N4O3. The molecule has 0 spiro atoms. The van der Waals surface area contributed by atoms with Crippen LogP contribution < -0.4 is 5.32 Å². The number of piperidine rings is 1. The number of fused-ring (bicyclic) bond motifs is 2. The van der Waals surface area contributed by atoms with Gasteiger partial charge < -0.3 is 19.5 Å². The van der Waals surface area contributed by atoms with Crippen molar-refractivity contribution in [2.24, 2.45) is 5.92 Å². The lowest BCUT2D eigenvalue weighted by Crippen LogP contribution is -2.45. The van der Waals surface area contributed by atoms with Gasteiger partial charge in [0.2, 0.25) is 5.91 Å². The van der Waals surface area contributed by atoms with Crippen molar-refractivity contribution >= 4 is 17.6 Å². The molecule has 2 amide bonds. The van der Waals surface area contributed by atoms with Crippen LogP contribution in [-0.2, 0) is 9.53 Å². The number of nitrogens with one attached hydrogen (secondary N) is 1. The number of allylic oxidation sites excluding steroid dienone is 3. The second kappa shape index (κ2) is 7.69. The average molecular weight is 399 g/mol. The molecule has 0 saturated carbocycles. The molecule has 29 heavy (non-hydrogen) atoms. The minimum absolute atomic E-state index is 0.0623. The molecule has 2 aliphatic heterocycles. The fraction of sp³-hybridized carbons (Fsp3) is 0.591. The Morgan fingerprint density at radius 3 is 2.76 bits per heavy atom. The number of likely N-dealkylation sites (tertiary alicyclic amines) is 1. The molecule has 1 unspecified atom stereocenters. The van der Waals surface area contributed by atoms with Crippen LogP contribution in [0.1, 0.15) is 58.2 Å². The summed E-state index contributed by atoms with van der Waals surface area (Å²) in [5.41, 5.74) is 3.33. The number of aromatic nitrogens is 2. The Hall–Kier alpha value is -2.57. The van der Waals surface area contributed by atoms with Gasteiger partial charge in [-0.15, -0.1) is 0 Å². The summed E-state index contributed by atoms with van der Waals surface area (Å²) in [6.45, 7) is 7.27. The number of carbonyl (C=O) groups is 2. The van der Waals surface area contributed by atoms with Gasteiger partial charge >= 0.3 is 6.09 Å². The van der Waals surface area contributed by atoms with Gasteiger partial charge in [0, 0.05) is 25.6 Å². The van der Waals surface area contributed by atoms with Crippen molar-refractivity contribution in [3.05, 3.63) is 35.9 Å². The van der Waals surface area contributed by atoms with E-state index in [1.165, 1.54) is 16.8 Å². The van der Waals surface area contributed by atoms with Gasteiger partial charge in [-0.1, -0.05) is 12.2 Å². The van der Waals surface area contributed by atoms with E-state index in [0.29, 0.717) is 32.5 Å². The van der Waals surface area contributed by atoms with Gasteiger partial charge in [-0.25, -0.2) is 9.78 Å². The fourth-order valence-electron chi connectivity index (χ4n) is 4.41. The smallest absolute Gasteiger partial charge is 0.410 e. The Labute approximate surface area is 171 Å². The molecule has 156 valence electrons. The van der Waals surface area contributed by atoms with Crippen LogP contribution in [0.25, 0.3) is 5.57 Å². The lowest BCUT2D eigenvalue weighted by Gasteiger charge is -2.33. The van der Waals surface area contributed by atoms with Crippen molar-refractivity contribution in [1.82, 2.24) is 19.8 Å². The van der Waals surface area contributed by atoms with E-state index < -0.39 is 5.60 Å². The summed E-state index contributed by atoms with van der Waals surface area (Å²) in [6, 6.07) is 0.116. The maximum absolute atomic E-state index is 12.8. The van der Waals surface area contributed by atoms with Crippen molar-refractivity contribution in [1.29, 1.82) is 0 Å². The lowest BCUT2D eigenvalue weighted by atomic mass is 9.93. The van der Waals surface area contributed by atoms with Crippen molar-refractivity contribution < 1.29 is 14.3 Å². The number of hydrogen-bond acceptors (Lipinski definition) is 4. The number of imidazole rings is 1. The maximum Gasteiger partial charge on any atom is 0.410 e. The molecule has 0 bridgehead atoms. The summed E-state index contributed by atoms with van der Waals surface area (Å²) >= 11 is 0. The molecular weight excluding hydrogens is 368 g/mol. The Morgan fingerprint density at radius 1 is 1.28 bits per heavy atom. The van der Waals surface area contributed by atoms with Gasteiger partial charge in [-0.2, -0.15) is 0 Å². The molecule has 1 aliphatic carbocycles. The van der Waals surface area contributed by atoms with Gasteiger partial charge in [0.15, 0.2) is 0 Å². The highest BCUT2D eigenvalue weighted by atomic mass is 16.6. The number of carbonyl (C=O) groups excluding carboxylic acids is 2. The Bertz CT molecular complexity index is 854. The Balaban J connectivity index is 1.31. The van der Waals surface area contributed by atoms with Crippen molar-refractivity contribution in [2.45, 2.75) is 58.1 Å². The number of ether oxygens (including phenoxy) is 1. The highest BCUT2D eigenvalue weighted by molar-refractivity contribution is 5.80. The summed E-state index contributed by atoms with van der Waals surface area (Å²) in [7, 11) is 0. The normalized spacial score (nSPS) is 21.8. The van der Waals surface area contributed by atoms with Crippen LogP contribution in [0.5, 0.6) is 0 Å². The lowest BCUT2D eigenvalue weighted by molar-refractivity contribution is -0.126. The van der Waals surface area contributed by atoms with E-state index in [2.05, 4.69) is 27.0 Å². The van der Waals surface area contributed by atoms with Crippen molar-refractivity contribution in [3.63, 3.8) is 0 Å². The summed E-state index contributed by atoms with van der Waals surface area (Å²) in [5.74, 6) is 0.0111. The molecule has 1 saturated heterocycles. The maximum atomic E-state index is 12.8. The topological polar surface area (TPSA) is 76.5 Å². The molecule has 1 fully saturated rings. The van der Waals surface area contributed by atoms with Crippen LogP contribution in [0.3, 0.4) is 0 Å². The van der Waals surface area contributed by atoms with Gasteiger partial charge in [0.1, 0.15) is 5.60 Å². The zero-order chi connectivity index (χ0) is 20.6. The molecule has 7 nitrogen and oxygen atoms in total. The predicted octanol–water partition coefficient (Wildman–Crippen LogP) is 3.30. The molecule has 0 radical (unpaired) electrons. The SMILES string of the molecule is CC(C)(C)OC(=O)N1CCC(C(=O)NCC2C3=C(CCC=C3)c3cncn32)CC1. The highest BCUT2D eigenvalue weighted by Gasteiger charge is 2.33. The Morgan fingerprint density at radius 2 is 2.03 bits per heavy atom. The summed E-state index contributed by atoms with van der Waals surface area (Å²) in [5, 5.41) is 3.15. The number of nitrogens with zero attached hydrogens (tertiary/aromatic N) is 3. The molecule has 3 heterocycles. The van der Waals surface area contributed by atoms with Crippen LogP contribution in [0.2, 0.25) is 0 Å². The van der Waals surface area contributed by atoms with E-state index in [9.17, 15) is 9.59 Å². The molecule has 0 aromatic carbocycles. The molecule has 7 heteroatoms. The van der Waals surface area contributed by atoms with Crippen LogP contribution in [0.4, 0.5) is 4.79 Å². The zero-order valence-corrected chi connectivity index (χ0v) is 17.5. The van der Waals surface area contributed by atoms with Crippen LogP contribution in [0.15, 0.2) is 30.2 Å². The van der Waals surface area contributed by atoms with E-state index in [0.717, 1.165) is 12.8 Å². The van der Waals surface area contributed by atoms with Gasteiger partial charge in [-0.3, -0.25) is 4.79 Å². The fourth-order valence-corrected chi connectivity index (χ4v) is 4.41. The molecule has 1 atom stereocenters. The predicted molar refractivity (Wildman–Crippen MR) is 110 cm³/mol. The standard InChI is InChI=1S/C22H30N4O3/c1-22(2,3)29-21(28)25-10-8-15(9-11-25)20(27)24-13-19-17-7-5-4-6-16(17)18-12-23-14-26(18)19/h5,7,12,14-15,19H,4,6,8-11,13H2,1-3H3,(H,24,27). The third-order valence-corrected chi connectivity index (χ3v) is 5.86. The average Bonchev–Trinajstić information content (AvgIpc) is 3.26. The quantitative estimate of drug-likeness (QED) is 0.848. The van der Waals surface area contributed by atoms with E-state index in [1.807, 2.05) is 33.3 Å². The third kappa shape index (κ3) is 4.09. The first kappa shape index (κ1) is 19.7. The third-order valence-electron chi connectivity index (χ3n) is 5.86. The zero-order valence-electron chi connectivity index (χ0n) is 17.5. The first-order valence-corrected chi connectivity index (χ1v) is 10.5.